The second-order valence-electron chi connectivity index (χ2n) is 5.26. The van der Waals surface area contributed by atoms with Gasteiger partial charge in [0.15, 0.2) is 0 Å². The van der Waals surface area contributed by atoms with Crippen LogP contribution in [-0.4, -0.2) is 11.7 Å². The van der Waals surface area contributed by atoms with Crippen molar-refractivity contribution < 1.29 is 4.74 Å². The van der Waals surface area contributed by atoms with Crippen molar-refractivity contribution >= 4 is 10.9 Å². The van der Waals surface area contributed by atoms with E-state index in [0.717, 1.165) is 18.6 Å². The Kier molecular flexibility index (Phi) is 2.59. The Balaban J connectivity index is 2.40. The average Bonchev–Trinajstić information content (AvgIpc) is 2.65. The lowest BCUT2D eigenvalue weighted by Gasteiger charge is -2.20. The van der Waals surface area contributed by atoms with E-state index in [0.29, 0.717) is 0 Å². The number of methoxy groups -OCH3 is 1. The minimum atomic E-state index is 0.170. The maximum absolute atomic E-state index is 6.31. The standard InChI is InChI=1S/C15H20N2O/c1-9-7-10(18-3)8-11-14-12(16)5-4-6-13(14)17(2)15(9)11/h7-8,12H,4-6,16H2,1-3H3. The molecule has 0 saturated carbocycles. The van der Waals surface area contributed by atoms with Crippen LogP contribution in [0, 0.1) is 6.92 Å². The quantitative estimate of drug-likeness (QED) is 0.838. The first-order valence-corrected chi connectivity index (χ1v) is 6.55. The SMILES string of the molecule is COc1cc(C)c2c(c1)c1c(n2C)CCCC1N. The van der Waals surface area contributed by atoms with Crippen molar-refractivity contribution in [2.24, 2.45) is 12.8 Å². The van der Waals surface area contributed by atoms with E-state index in [-0.39, 0.29) is 6.04 Å². The van der Waals surface area contributed by atoms with Crippen LogP contribution in [0.2, 0.25) is 0 Å². The Hall–Kier alpha value is -1.48. The summed E-state index contributed by atoms with van der Waals surface area (Å²) in [7, 11) is 3.87. The predicted octanol–water partition coefficient (Wildman–Crippen LogP) is 2.83. The van der Waals surface area contributed by atoms with E-state index < -0.39 is 0 Å². The van der Waals surface area contributed by atoms with Gasteiger partial charge < -0.3 is 15.0 Å². The molecule has 0 spiro atoms. The molecule has 1 aromatic carbocycles. The fourth-order valence-corrected chi connectivity index (χ4v) is 3.34. The monoisotopic (exact) mass is 244 g/mol. The Bertz CT molecular complexity index is 613. The van der Waals surface area contributed by atoms with Crippen molar-refractivity contribution in [3.63, 3.8) is 0 Å². The lowest BCUT2D eigenvalue weighted by Crippen LogP contribution is -2.17. The minimum absolute atomic E-state index is 0.170. The van der Waals surface area contributed by atoms with E-state index in [1.54, 1.807) is 7.11 Å². The molecule has 0 bridgehead atoms. The lowest BCUT2D eigenvalue weighted by molar-refractivity contribution is 0.415. The molecule has 18 heavy (non-hydrogen) atoms. The third-order valence-electron chi connectivity index (χ3n) is 4.15. The number of nitrogens with two attached hydrogens (primary N) is 1. The third kappa shape index (κ3) is 1.47. The zero-order valence-electron chi connectivity index (χ0n) is 11.3. The molecular weight excluding hydrogens is 224 g/mol. The van der Waals surface area contributed by atoms with Gasteiger partial charge in [-0.05, 0) is 49.4 Å². The number of ether oxygens (including phenoxy) is 1. The van der Waals surface area contributed by atoms with E-state index in [4.69, 9.17) is 10.5 Å². The van der Waals surface area contributed by atoms with Crippen molar-refractivity contribution in [2.45, 2.75) is 32.2 Å². The first kappa shape index (κ1) is 11.6. The van der Waals surface area contributed by atoms with Crippen LogP contribution < -0.4 is 10.5 Å². The average molecular weight is 244 g/mol. The summed E-state index contributed by atoms with van der Waals surface area (Å²) in [5, 5.41) is 1.27. The molecule has 3 nitrogen and oxygen atoms in total. The molecule has 0 radical (unpaired) electrons. The molecule has 1 heterocycles. The first-order valence-electron chi connectivity index (χ1n) is 6.55. The van der Waals surface area contributed by atoms with Gasteiger partial charge >= 0.3 is 0 Å². The van der Waals surface area contributed by atoms with Gasteiger partial charge in [-0.1, -0.05) is 0 Å². The van der Waals surface area contributed by atoms with Gasteiger partial charge in [0.25, 0.3) is 0 Å². The summed E-state index contributed by atoms with van der Waals surface area (Å²) in [4.78, 5) is 0. The topological polar surface area (TPSA) is 40.2 Å². The van der Waals surface area contributed by atoms with E-state index in [1.807, 2.05) is 0 Å². The van der Waals surface area contributed by atoms with Crippen molar-refractivity contribution in [2.75, 3.05) is 7.11 Å². The number of nitrogens with zero attached hydrogens (tertiary/aromatic N) is 1. The Morgan fingerprint density at radius 3 is 2.89 bits per heavy atom. The normalized spacial score (nSPS) is 19.0. The highest BCUT2D eigenvalue weighted by Gasteiger charge is 2.25. The van der Waals surface area contributed by atoms with Crippen LogP contribution in [0.3, 0.4) is 0 Å². The highest BCUT2D eigenvalue weighted by molar-refractivity contribution is 5.90. The zero-order chi connectivity index (χ0) is 12.9. The first-order chi connectivity index (χ1) is 8.63. The Morgan fingerprint density at radius 1 is 1.39 bits per heavy atom. The van der Waals surface area contributed by atoms with Crippen molar-refractivity contribution in [3.05, 3.63) is 29.0 Å². The summed E-state index contributed by atoms with van der Waals surface area (Å²) in [5.41, 5.74) is 11.6. The second kappa shape index (κ2) is 4.02. The summed E-state index contributed by atoms with van der Waals surface area (Å²) in [6.07, 6.45) is 3.41. The maximum Gasteiger partial charge on any atom is 0.119 e. The highest BCUT2D eigenvalue weighted by atomic mass is 16.5. The number of rotatable bonds is 1. The summed E-state index contributed by atoms with van der Waals surface area (Å²) < 4.78 is 7.71. The van der Waals surface area contributed by atoms with Gasteiger partial charge in [0.1, 0.15) is 5.75 Å². The van der Waals surface area contributed by atoms with Gasteiger partial charge in [-0.3, -0.25) is 0 Å². The van der Waals surface area contributed by atoms with Crippen LogP contribution in [0.25, 0.3) is 10.9 Å². The van der Waals surface area contributed by atoms with Crippen molar-refractivity contribution in [3.8, 4) is 5.75 Å². The molecule has 1 aliphatic rings. The number of aryl methyl sites for hydroxylation is 2. The van der Waals surface area contributed by atoms with Gasteiger partial charge in [0.05, 0.1) is 12.6 Å². The molecule has 96 valence electrons. The number of hydrogen-bond donors (Lipinski definition) is 1. The van der Waals surface area contributed by atoms with Gasteiger partial charge in [0.2, 0.25) is 0 Å². The predicted molar refractivity (Wildman–Crippen MR) is 74.1 cm³/mol. The molecule has 1 atom stereocenters. The molecule has 1 aliphatic carbocycles. The smallest absolute Gasteiger partial charge is 0.119 e. The maximum atomic E-state index is 6.31. The van der Waals surface area contributed by atoms with Crippen LogP contribution in [0.5, 0.6) is 5.75 Å². The molecule has 0 saturated heterocycles. The Morgan fingerprint density at radius 2 is 2.17 bits per heavy atom. The molecular formula is C15H20N2O. The number of aromatic nitrogens is 1. The van der Waals surface area contributed by atoms with Crippen LogP contribution in [-0.2, 0) is 13.5 Å². The van der Waals surface area contributed by atoms with E-state index in [1.165, 1.54) is 34.1 Å². The number of hydrogen-bond acceptors (Lipinski definition) is 2. The molecule has 3 rings (SSSR count). The van der Waals surface area contributed by atoms with E-state index in [2.05, 4.69) is 30.7 Å². The van der Waals surface area contributed by atoms with Crippen molar-refractivity contribution in [1.29, 1.82) is 0 Å². The summed E-state index contributed by atoms with van der Waals surface area (Å²) >= 11 is 0. The van der Waals surface area contributed by atoms with Gasteiger partial charge in [0, 0.05) is 24.2 Å². The fraction of sp³-hybridized carbons (Fsp3) is 0.467. The number of benzene rings is 1. The van der Waals surface area contributed by atoms with Crippen LogP contribution in [0.1, 0.15) is 35.7 Å². The van der Waals surface area contributed by atoms with Gasteiger partial charge in [-0.25, -0.2) is 0 Å². The minimum Gasteiger partial charge on any atom is -0.497 e. The van der Waals surface area contributed by atoms with Gasteiger partial charge in [-0.2, -0.15) is 0 Å². The summed E-state index contributed by atoms with van der Waals surface area (Å²) in [6.45, 7) is 2.14. The molecule has 1 unspecified atom stereocenters. The summed E-state index contributed by atoms with van der Waals surface area (Å²) in [5.74, 6) is 0.922. The highest BCUT2D eigenvalue weighted by Crippen LogP contribution is 2.38. The summed E-state index contributed by atoms with van der Waals surface area (Å²) in [6, 6.07) is 4.40. The second-order valence-corrected chi connectivity index (χ2v) is 5.26. The molecule has 0 amide bonds. The lowest BCUT2D eigenvalue weighted by atomic mass is 9.91. The molecule has 0 aliphatic heterocycles. The van der Waals surface area contributed by atoms with Crippen molar-refractivity contribution in [1.82, 2.24) is 4.57 Å². The fourth-order valence-electron chi connectivity index (χ4n) is 3.34. The zero-order valence-corrected chi connectivity index (χ0v) is 11.3. The third-order valence-corrected chi connectivity index (χ3v) is 4.15. The molecule has 3 heteroatoms. The largest absolute Gasteiger partial charge is 0.497 e. The van der Waals surface area contributed by atoms with Crippen LogP contribution >= 0.6 is 0 Å². The van der Waals surface area contributed by atoms with E-state index in [9.17, 15) is 0 Å². The van der Waals surface area contributed by atoms with Crippen LogP contribution in [0.4, 0.5) is 0 Å². The molecule has 1 aromatic heterocycles. The molecule has 2 aromatic rings. The number of fused-ring (bicyclic) bond motifs is 3. The van der Waals surface area contributed by atoms with Crippen LogP contribution in [0.15, 0.2) is 12.1 Å². The molecule has 0 fully saturated rings. The van der Waals surface area contributed by atoms with E-state index >= 15 is 0 Å². The Labute approximate surface area is 108 Å². The molecule has 2 N–H and O–H groups in total. The van der Waals surface area contributed by atoms with Gasteiger partial charge in [-0.15, -0.1) is 0 Å².